The number of pyridine rings is 1. The van der Waals surface area contributed by atoms with E-state index in [-0.39, 0.29) is 5.75 Å². The zero-order valence-electron chi connectivity index (χ0n) is 15.7. The third-order valence-corrected chi connectivity index (χ3v) is 5.23. The molecule has 0 spiro atoms. The van der Waals surface area contributed by atoms with E-state index in [1.54, 1.807) is 10.7 Å². The van der Waals surface area contributed by atoms with Crippen LogP contribution in [0.3, 0.4) is 0 Å². The molecule has 0 amide bonds. The highest BCUT2D eigenvalue weighted by Crippen LogP contribution is 2.33. The van der Waals surface area contributed by atoms with Crippen LogP contribution in [0.2, 0.25) is 0 Å². The molecule has 4 heterocycles. The van der Waals surface area contributed by atoms with Gasteiger partial charge in [0.05, 0.1) is 23.3 Å². The van der Waals surface area contributed by atoms with Crippen molar-refractivity contribution in [1.29, 1.82) is 0 Å². The summed E-state index contributed by atoms with van der Waals surface area (Å²) in [7, 11) is 1.88. The first-order valence-corrected chi connectivity index (χ1v) is 9.27. The molecule has 1 aliphatic rings. The van der Waals surface area contributed by atoms with Gasteiger partial charge in [-0.3, -0.25) is 4.68 Å². The Hall–Kier alpha value is -3.32. The average Bonchev–Trinajstić information content (AvgIpc) is 3.02. The standard InChI is InChI=1S/C21H20N6O/c1-12-7-18(23-19-11-27(2)26-21(12)19)13-3-4-15(20(28)8-13)17-6-5-16(24-25-17)14-9-22-10-14/h3-8,11,14,22,28H,9-10H2,1-2H3. The summed E-state index contributed by atoms with van der Waals surface area (Å²) in [5, 5.41) is 26.9. The molecule has 5 rings (SSSR count). The molecule has 7 heteroatoms. The third kappa shape index (κ3) is 2.80. The minimum Gasteiger partial charge on any atom is -0.507 e. The van der Waals surface area contributed by atoms with Crippen LogP contribution < -0.4 is 5.32 Å². The first-order valence-electron chi connectivity index (χ1n) is 9.27. The number of phenolic OH excluding ortho intramolecular Hbond substituents is 1. The molecule has 28 heavy (non-hydrogen) atoms. The number of fused-ring (bicyclic) bond motifs is 1. The van der Waals surface area contributed by atoms with Gasteiger partial charge in [-0.05, 0) is 42.8 Å². The molecule has 4 aromatic rings. The van der Waals surface area contributed by atoms with Crippen LogP contribution in [0.5, 0.6) is 5.75 Å². The summed E-state index contributed by atoms with van der Waals surface area (Å²) < 4.78 is 1.76. The Morgan fingerprint density at radius 3 is 2.61 bits per heavy atom. The molecule has 1 aromatic carbocycles. The Kier molecular flexibility index (Phi) is 3.84. The van der Waals surface area contributed by atoms with Crippen LogP contribution >= 0.6 is 0 Å². The number of hydrogen-bond acceptors (Lipinski definition) is 6. The van der Waals surface area contributed by atoms with E-state index < -0.39 is 0 Å². The summed E-state index contributed by atoms with van der Waals surface area (Å²) in [5.41, 5.74) is 6.75. The van der Waals surface area contributed by atoms with Gasteiger partial charge in [0.15, 0.2) is 0 Å². The van der Waals surface area contributed by atoms with Gasteiger partial charge in [0.1, 0.15) is 16.8 Å². The number of rotatable bonds is 3. The minimum atomic E-state index is 0.163. The van der Waals surface area contributed by atoms with Gasteiger partial charge in [-0.2, -0.15) is 15.3 Å². The van der Waals surface area contributed by atoms with Crippen molar-refractivity contribution < 1.29 is 5.11 Å². The lowest BCUT2D eigenvalue weighted by molar-refractivity contribution is 0.436. The van der Waals surface area contributed by atoms with Crippen molar-refractivity contribution in [3.8, 4) is 28.3 Å². The van der Waals surface area contributed by atoms with Crippen LogP contribution in [0.25, 0.3) is 33.5 Å². The number of aromatic nitrogens is 5. The van der Waals surface area contributed by atoms with Gasteiger partial charge in [0.2, 0.25) is 0 Å². The van der Waals surface area contributed by atoms with Gasteiger partial charge >= 0.3 is 0 Å². The monoisotopic (exact) mass is 372 g/mol. The van der Waals surface area contributed by atoms with E-state index in [1.165, 1.54) is 0 Å². The molecule has 1 saturated heterocycles. The van der Waals surface area contributed by atoms with Crippen LogP contribution in [0.15, 0.2) is 42.6 Å². The number of benzene rings is 1. The van der Waals surface area contributed by atoms with Gasteiger partial charge in [-0.25, -0.2) is 4.98 Å². The smallest absolute Gasteiger partial charge is 0.125 e. The Morgan fingerprint density at radius 1 is 1.07 bits per heavy atom. The van der Waals surface area contributed by atoms with Gasteiger partial charge in [-0.1, -0.05) is 6.07 Å². The minimum absolute atomic E-state index is 0.163. The van der Waals surface area contributed by atoms with Crippen LogP contribution in [0.4, 0.5) is 0 Å². The number of hydrogen-bond donors (Lipinski definition) is 2. The Morgan fingerprint density at radius 2 is 1.93 bits per heavy atom. The molecular formula is C21H20N6O. The number of aromatic hydroxyl groups is 1. The summed E-state index contributed by atoms with van der Waals surface area (Å²) in [4.78, 5) is 4.69. The lowest BCUT2D eigenvalue weighted by Gasteiger charge is -2.25. The third-order valence-electron chi connectivity index (χ3n) is 5.23. The molecular weight excluding hydrogens is 352 g/mol. The van der Waals surface area contributed by atoms with Gasteiger partial charge in [-0.15, -0.1) is 0 Å². The normalized spacial score (nSPS) is 14.4. The highest BCUT2D eigenvalue weighted by Gasteiger charge is 2.21. The lowest BCUT2D eigenvalue weighted by atomic mass is 9.98. The molecule has 0 atom stereocenters. The molecule has 0 bridgehead atoms. The predicted molar refractivity (Wildman–Crippen MR) is 107 cm³/mol. The number of phenols is 1. The average molecular weight is 372 g/mol. The maximum atomic E-state index is 10.6. The topological polar surface area (TPSA) is 88.8 Å². The molecule has 1 fully saturated rings. The fourth-order valence-corrected chi connectivity index (χ4v) is 3.53. The fraction of sp³-hybridized carbons (Fsp3) is 0.238. The summed E-state index contributed by atoms with van der Waals surface area (Å²) in [5.74, 6) is 0.602. The molecule has 0 unspecified atom stereocenters. The second-order valence-corrected chi connectivity index (χ2v) is 7.29. The molecule has 1 aliphatic heterocycles. The second kappa shape index (κ2) is 6.38. The van der Waals surface area contributed by atoms with E-state index in [0.29, 0.717) is 17.2 Å². The summed E-state index contributed by atoms with van der Waals surface area (Å²) in [6.07, 6.45) is 1.90. The van der Waals surface area contributed by atoms with Crippen molar-refractivity contribution >= 4 is 11.0 Å². The zero-order valence-corrected chi connectivity index (χ0v) is 15.7. The van der Waals surface area contributed by atoms with Crippen LogP contribution in [0.1, 0.15) is 17.2 Å². The van der Waals surface area contributed by atoms with Crippen molar-refractivity contribution in [3.63, 3.8) is 0 Å². The maximum Gasteiger partial charge on any atom is 0.125 e. The van der Waals surface area contributed by atoms with Crippen molar-refractivity contribution in [3.05, 3.63) is 53.9 Å². The largest absolute Gasteiger partial charge is 0.507 e. The SMILES string of the molecule is Cc1cc(-c2ccc(-c3ccc(C4CNC4)nn3)c(O)c2)nc2cn(C)nc12. The second-order valence-electron chi connectivity index (χ2n) is 7.29. The van der Waals surface area contributed by atoms with E-state index in [2.05, 4.69) is 25.6 Å². The number of nitrogens with one attached hydrogen (secondary N) is 1. The zero-order chi connectivity index (χ0) is 19.3. The lowest BCUT2D eigenvalue weighted by Crippen LogP contribution is -2.40. The van der Waals surface area contributed by atoms with E-state index in [4.69, 9.17) is 0 Å². The van der Waals surface area contributed by atoms with Gasteiger partial charge in [0, 0.05) is 37.2 Å². The fourth-order valence-electron chi connectivity index (χ4n) is 3.53. The Balaban J connectivity index is 1.49. The van der Waals surface area contributed by atoms with E-state index in [1.807, 2.05) is 50.5 Å². The molecule has 140 valence electrons. The van der Waals surface area contributed by atoms with Crippen LogP contribution in [-0.4, -0.2) is 43.2 Å². The highest BCUT2D eigenvalue weighted by atomic mass is 16.3. The van der Waals surface area contributed by atoms with Crippen molar-refractivity contribution in [1.82, 2.24) is 30.3 Å². The summed E-state index contributed by atoms with van der Waals surface area (Å²) >= 11 is 0. The van der Waals surface area contributed by atoms with Crippen LogP contribution in [-0.2, 0) is 7.05 Å². The van der Waals surface area contributed by atoms with Gasteiger partial charge < -0.3 is 10.4 Å². The quantitative estimate of drug-likeness (QED) is 0.575. The molecule has 7 nitrogen and oxygen atoms in total. The molecule has 2 N–H and O–H groups in total. The molecule has 0 aliphatic carbocycles. The predicted octanol–water partition coefficient (Wildman–Crippen LogP) is 2.79. The van der Waals surface area contributed by atoms with Crippen LogP contribution in [0, 0.1) is 6.92 Å². The number of aryl methyl sites for hydroxylation is 2. The first kappa shape index (κ1) is 16.8. The summed E-state index contributed by atoms with van der Waals surface area (Å²) in [6, 6.07) is 11.4. The molecule has 0 radical (unpaired) electrons. The van der Waals surface area contributed by atoms with E-state index >= 15 is 0 Å². The van der Waals surface area contributed by atoms with Crippen molar-refractivity contribution in [2.45, 2.75) is 12.8 Å². The molecule has 3 aromatic heterocycles. The maximum absolute atomic E-state index is 10.6. The van der Waals surface area contributed by atoms with Gasteiger partial charge in [0.25, 0.3) is 0 Å². The van der Waals surface area contributed by atoms with E-state index in [0.717, 1.165) is 46.6 Å². The van der Waals surface area contributed by atoms with Crippen molar-refractivity contribution in [2.75, 3.05) is 13.1 Å². The summed E-state index contributed by atoms with van der Waals surface area (Å²) in [6.45, 7) is 3.91. The Labute approximate surface area is 162 Å². The number of nitrogens with zero attached hydrogens (tertiary/aromatic N) is 5. The van der Waals surface area contributed by atoms with Crippen molar-refractivity contribution in [2.24, 2.45) is 7.05 Å². The highest BCUT2D eigenvalue weighted by molar-refractivity contribution is 5.82. The Bertz CT molecular complexity index is 1180. The molecule has 0 saturated carbocycles. The van der Waals surface area contributed by atoms with E-state index in [9.17, 15) is 5.11 Å². The first-order chi connectivity index (χ1) is 13.6.